The van der Waals surface area contributed by atoms with Crippen molar-refractivity contribution in [2.45, 2.75) is 38.5 Å². The summed E-state index contributed by atoms with van der Waals surface area (Å²) in [6.45, 7) is 2.24. The normalized spacial score (nSPS) is 31.1. The van der Waals surface area contributed by atoms with Crippen LogP contribution in [0.5, 0.6) is 0 Å². The molecule has 2 rings (SSSR count). The topological polar surface area (TPSA) is 29.5 Å². The van der Waals surface area contributed by atoms with Gasteiger partial charge >= 0.3 is 5.97 Å². The molecule has 0 aliphatic heterocycles. The summed E-state index contributed by atoms with van der Waals surface area (Å²) in [6, 6.07) is 0. The van der Waals surface area contributed by atoms with Gasteiger partial charge in [-0.2, -0.15) is 0 Å². The third kappa shape index (κ3) is 3.44. The molecule has 0 aromatic heterocycles. The zero-order chi connectivity index (χ0) is 12.3. The molecule has 0 N–H and O–H groups in total. The lowest BCUT2D eigenvalue weighted by Crippen LogP contribution is -2.29. The molecule has 2 bridgehead atoms. The van der Waals surface area contributed by atoms with Crippen molar-refractivity contribution in [2.75, 3.05) is 27.2 Å². The SMILES string of the molecule is COC(=O)CCCN(C)CC1CC2CCC1C2. The molecule has 0 amide bonds. The quantitative estimate of drug-likeness (QED) is 0.666. The Bertz CT molecular complexity index is 267. The molecule has 0 radical (unpaired) electrons. The predicted octanol–water partition coefficient (Wildman–Crippen LogP) is 2.31. The van der Waals surface area contributed by atoms with Gasteiger partial charge in [0.1, 0.15) is 0 Å². The summed E-state index contributed by atoms with van der Waals surface area (Å²) in [4.78, 5) is 13.4. The van der Waals surface area contributed by atoms with Crippen molar-refractivity contribution < 1.29 is 9.53 Å². The minimum absolute atomic E-state index is 0.0849. The average molecular weight is 239 g/mol. The third-order valence-electron chi connectivity index (χ3n) is 4.58. The molecule has 2 saturated carbocycles. The van der Waals surface area contributed by atoms with Crippen LogP contribution >= 0.6 is 0 Å². The molecule has 0 saturated heterocycles. The van der Waals surface area contributed by atoms with E-state index in [0.29, 0.717) is 6.42 Å². The van der Waals surface area contributed by atoms with Crippen LogP contribution in [0.25, 0.3) is 0 Å². The number of ether oxygens (including phenoxy) is 1. The highest BCUT2D eigenvalue weighted by Gasteiger charge is 2.39. The van der Waals surface area contributed by atoms with Crippen molar-refractivity contribution in [3.63, 3.8) is 0 Å². The van der Waals surface area contributed by atoms with Crippen molar-refractivity contribution in [1.82, 2.24) is 4.90 Å². The van der Waals surface area contributed by atoms with Gasteiger partial charge in [-0.25, -0.2) is 0 Å². The second-order valence-corrected chi connectivity index (χ2v) is 5.88. The van der Waals surface area contributed by atoms with Gasteiger partial charge in [0, 0.05) is 13.0 Å². The molecule has 3 unspecified atom stereocenters. The van der Waals surface area contributed by atoms with Crippen molar-refractivity contribution in [2.24, 2.45) is 17.8 Å². The first-order chi connectivity index (χ1) is 8.19. The lowest BCUT2D eigenvalue weighted by molar-refractivity contribution is -0.140. The molecule has 0 heterocycles. The van der Waals surface area contributed by atoms with E-state index >= 15 is 0 Å². The van der Waals surface area contributed by atoms with E-state index in [1.165, 1.54) is 39.3 Å². The molecule has 2 aliphatic rings. The number of carbonyl (C=O) groups excluding carboxylic acids is 1. The molecule has 2 fully saturated rings. The van der Waals surface area contributed by atoms with Gasteiger partial charge in [0.05, 0.1) is 7.11 Å². The Morgan fingerprint density at radius 3 is 2.76 bits per heavy atom. The number of methoxy groups -OCH3 is 1. The van der Waals surface area contributed by atoms with Crippen LogP contribution in [0.4, 0.5) is 0 Å². The average Bonchev–Trinajstić information content (AvgIpc) is 2.90. The minimum Gasteiger partial charge on any atom is -0.469 e. The van der Waals surface area contributed by atoms with Crippen LogP contribution in [0.15, 0.2) is 0 Å². The van der Waals surface area contributed by atoms with E-state index in [1.54, 1.807) is 0 Å². The molecule has 0 aromatic carbocycles. The van der Waals surface area contributed by atoms with Gasteiger partial charge in [-0.1, -0.05) is 6.42 Å². The van der Waals surface area contributed by atoms with E-state index in [4.69, 9.17) is 0 Å². The Kier molecular flexibility index (Phi) is 4.43. The fourth-order valence-electron chi connectivity index (χ4n) is 3.69. The Morgan fingerprint density at radius 2 is 2.18 bits per heavy atom. The fourth-order valence-corrected chi connectivity index (χ4v) is 3.69. The summed E-state index contributed by atoms with van der Waals surface area (Å²) < 4.78 is 4.65. The van der Waals surface area contributed by atoms with Gasteiger partial charge < -0.3 is 9.64 Å². The third-order valence-corrected chi connectivity index (χ3v) is 4.58. The number of carbonyl (C=O) groups is 1. The molecule has 3 nitrogen and oxygen atoms in total. The Hall–Kier alpha value is -0.570. The second kappa shape index (κ2) is 5.85. The van der Waals surface area contributed by atoms with Crippen LogP contribution in [0, 0.1) is 17.8 Å². The standard InChI is InChI=1S/C14H25NO2/c1-15(7-3-4-14(16)17-2)10-13-9-11-5-6-12(13)8-11/h11-13H,3-10H2,1-2H3. The summed E-state index contributed by atoms with van der Waals surface area (Å²) in [5.41, 5.74) is 0. The van der Waals surface area contributed by atoms with Crippen LogP contribution in [0.3, 0.4) is 0 Å². The Morgan fingerprint density at radius 1 is 1.35 bits per heavy atom. The van der Waals surface area contributed by atoms with Crippen molar-refractivity contribution in [3.8, 4) is 0 Å². The molecular formula is C14H25NO2. The first-order valence-corrected chi connectivity index (χ1v) is 6.94. The molecule has 98 valence electrons. The van der Waals surface area contributed by atoms with Gasteiger partial charge in [-0.05, 0) is 57.0 Å². The zero-order valence-corrected chi connectivity index (χ0v) is 11.2. The van der Waals surface area contributed by atoms with Gasteiger partial charge in [0.15, 0.2) is 0 Å². The molecular weight excluding hydrogens is 214 g/mol. The van der Waals surface area contributed by atoms with Crippen LogP contribution in [0.1, 0.15) is 38.5 Å². The summed E-state index contributed by atoms with van der Waals surface area (Å²) in [7, 11) is 3.64. The van der Waals surface area contributed by atoms with E-state index in [9.17, 15) is 4.79 Å². The summed E-state index contributed by atoms with van der Waals surface area (Å²) in [5.74, 6) is 2.88. The number of hydrogen-bond acceptors (Lipinski definition) is 3. The van der Waals surface area contributed by atoms with Crippen molar-refractivity contribution in [3.05, 3.63) is 0 Å². The first-order valence-electron chi connectivity index (χ1n) is 6.94. The molecule has 17 heavy (non-hydrogen) atoms. The maximum absolute atomic E-state index is 11.0. The van der Waals surface area contributed by atoms with Crippen molar-refractivity contribution >= 4 is 5.97 Å². The van der Waals surface area contributed by atoms with E-state index in [-0.39, 0.29) is 5.97 Å². The highest BCUT2D eigenvalue weighted by atomic mass is 16.5. The molecule has 3 heteroatoms. The van der Waals surface area contributed by atoms with Gasteiger partial charge in [0.2, 0.25) is 0 Å². The molecule has 0 aromatic rings. The van der Waals surface area contributed by atoms with Gasteiger partial charge in [-0.15, -0.1) is 0 Å². The molecule has 0 spiro atoms. The molecule has 2 aliphatic carbocycles. The zero-order valence-electron chi connectivity index (χ0n) is 11.2. The summed E-state index contributed by atoms with van der Waals surface area (Å²) in [6.07, 6.45) is 7.35. The van der Waals surface area contributed by atoms with Crippen LogP contribution < -0.4 is 0 Å². The number of hydrogen-bond donors (Lipinski definition) is 0. The summed E-state index contributed by atoms with van der Waals surface area (Å²) in [5, 5.41) is 0. The first kappa shape index (κ1) is 12.9. The van der Waals surface area contributed by atoms with Crippen LogP contribution in [0.2, 0.25) is 0 Å². The van der Waals surface area contributed by atoms with Gasteiger partial charge in [0.25, 0.3) is 0 Å². The number of rotatable bonds is 6. The lowest BCUT2D eigenvalue weighted by Gasteiger charge is -2.27. The Labute approximate surface area is 105 Å². The maximum atomic E-state index is 11.0. The number of nitrogens with zero attached hydrogens (tertiary/aromatic N) is 1. The number of esters is 1. The maximum Gasteiger partial charge on any atom is 0.305 e. The minimum atomic E-state index is -0.0849. The highest BCUT2D eigenvalue weighted by molar-refractivity contribution is 5.69. The van der Waals surface area contributed by atoms with E-state index in [0.717, 1.165) is 30.7 Å². The fraction of sp³-hybridized carbons (Fsp3) is 0.929. The van der Waals surface area contributed by atoms with E-state index < -0.39 is 0 Å². The van der Waals surface area contributed by atoms with Crippen LogP contribution in [-0.2, 0) is 9.53 Å². The highest BCUT2D eigenvalue weighted by Crippen LogP contribution is 2.48. The second-order valence-electron chi connectivity index (χ2n) is 5.88. The van der Waals surface area contributed by atoms with E-state index in [1.807, 2.05) is 0 Å². The van der Waals surface area contributed by atoms with Crippen molar-refractivity contribution in [1.29, 1.82) is 0 Å². The summed E-state index contributed by atoms with van der Waals surface area (Å²) >= 11 is 0. The molecule has 3 atom stereocenters. The number of fused-ring (bicyclic) bond motifs is 2. The monoisotopic (exact) mass is 239 g/mol. The largest absolute Gasteiger partial charge is 0.469 e. The predicted molar refractivity (Wildman–Crippen MR) is 67.7 cm³/mol. The smallest absolute Gasteiger partial charge is 0.305 e. The van der Waals surface area contributed by atoms with Gasteiger partial charge in [-0.3, -0.25) is 4.79 Å². The lowest BCUT2D eigenvalue weighted by atomic mass is 9.88. The van der Waals surface area contributed by atoms with E-state index in [2.05, 4.69) is 16.7 Å². The van der Waals surface area contributed by atoms with Crippen LogP contribution in [-0.4, -0.2) is 38.1 Å². The Balaban J connectivity index is 1.61.